The first-order valence-electron chi connectivity index (χ1n) is 7.21. The Hall–Kier alpha value is -2.30. The number of furan rings is 1. The van der Waals surface area contributed by atoms with Crippen LogP contribution in [0.5, 0.6) is 0 Å². The highest BCUT2D eigenvalue weighted by molar-refractivity contribution is 6.30. The molecule has 0 saturated carbocycles. The van der Waals surface area contributed by atoms with Crippen molar-refractivity contribution in [3.8, 4) is 0 Å². The molecule has 2 N–H and O–H groups in total. The van der Waals surface area contributed by atoms with E-state index in [0.29, 0.717) is 21.9 Å². The summed E-state index contributed by atoms with van der Waals surface area (Å²) in [6.07, 6.45) is 0. The number of para-hydroxylation sites is 1. The van der Waals surface area contributed by atoms with Gasteiger partial charge < -0.3 is 14.8 Å². The maximum atomic E-state index is 12.1. The summed E-state index contributed by atoms with van der Waals surface area (Å²) in [5, 5.41) is 14.8. The van der Waals surface area contributed by atoms with Crippen molar-refractivity contribution in [1.82, 2.24) is 5.32 Å². The van der Waals surface area contributed by atoms with E-state index in [0.717, 1.165) is 5.39 Å². The van der Waals surface area contributed by atoms with Gasteiger partial charge in [-0.25, -0.2) is 0 Å². The van der Waals surface area contributed by atoms with Gasteiger partial charge in [-0.05, 0) is 43.3 Å². The number of halogens is 1. The molecule has 0 aliphatic carbocycles. The molecule has 3 rings (SSSR count). The largest absolute Gasteiger partial charge is 0.458 e. The predicted octanol–water partition coefficient (Wildman–Crippen LogP) is 3.72. The molecule has 118 valence electrons. The lowest BCUT2D eigenvalue weighted by atomic mass is 10.0. The quantitative estimate of drug-likeness (QED) is 0.766. The molecule has 0 aliphatic rings. The Labute approximate surface area is 138 Å². The van der Waals surface area contributed by atoms with Crippen molar-refractivity contribution in [2.75, 3.05) is 6.54 Å². The number of hydrogen-bond donors (Lipinski definition) is 2. The van der Waals surface area contributed by atoms with Crippen molar-refractivity contribution >= 4 is 28.5 Å². The van der Waals surface area contributed by atoms with Gasteiger partial charge in [0.2, 0.25) is 0 Å². The highest BCUT2D eigenvalue weighted by Crippen LogP contribution is 2.27. The number of fused-ring (bicyclic) bond motifs is 1. The van der Waals surface area contributed by atoms with Gasteiger partial charge in [0.25, 0.3) is 5.91 Å². The molecule has 1 amide bonds. The highest BCUT2D eigenvalue weighted by Gasteiger charge is 2.28. The second kappa shape index (κ2) is 6.07. The van der Waals surface area contributed by atoms with Gasteiger partial charge in [-0.15, -0.1) is 0 Å². The fraction of sp³-hybridized carbons (Fsp3) is 0.167. The SMILES string of the molecule is CC(O)(CNC(=O)c1ccc(Cl)cc1)c1cc2ccccc2o1. The molecule has 0 saturated heterocycles. The fourth-order valence-corrected chi connectivity index (χ4v) is 2.42. The van der Waals surface area contributed by atoms with Crippen LogP contribution in [0.1, 0.15) is 23.0 Å². The van der Waals surface area contributed by atoms with E-state index in [1.54, 1.807) is 37.3 Å². The maximum Gasteiger partial charge on any atom is 0.251 e. The number of hydrogen-bond acceptors (Lipinski definition) is 3. The number of carbonyl (C=O) groups is 1. The predicted molar refractivity (Wildman–Crippen MR) is 89.6 cm³/mol. The van der Waals surface area contributed by atoms with Gasteiger partial charge in [0.15, 0.2) is 0 Å². The minimum Gasteiger partial charge on any atom is -0.458 e. The van der Waals surface area contributed by atoms with Crippen LogP contribution in [0.4, 0.5) is 0 Å². The third-order valence-corrected chi connectivity index (χ3v) is 3.91. The van der Waals surface area contributed by atoms with E-state index in [2.05, 4.69) is 5.32 Å². The standard InChI is InChI=1S/C18H16ClNO3/c1-18(22,16-10-13-4-2-3-5-15(13)23-16)11-20-17(21)12-6-8-14(19)9-7-12/h2-10,22H,11H2,1H3,(H,20,21). The first-order chi connectivity index (χ1) is 11.0. The summed E-state index contributed by atoms with van der Waals surface area (Å²) in [6.45, 7) is 1.64. The van der Waals surface area contributed by atoms with Crippen LogP contribution in [0.3, 0.4) is 0 Å². The zero-order valence-corrected chi connectivity index (χ0v) is 13.3. The summed E-state index contributed by atoms with van der Waals surface area (Å²) in [5.41, 5.74) is -0.122. The molecule has 23 heavy (non-hydrogen) atoms. The first kappa shape index (κ1) is 15.6. The van der Waals surface area contributed by atoms with Crippen LogP contribution in [-0.2, 0) is 5.60 Å². The Balaban J connectivity index is 1.73. The normalized spacial score (nSPS) is 13.7. The van der Waals surface area contributed by atoms with Gasteiger partial charge in [0, 0.05) is 16.0 Å². The minimum absolute atomic E-state index is 0.0360. The monoisotopic (exact) mass is 329 g/mol. The molecule has 0 aliphatic heterocycles. The van der Waals surface area contributed by atoms with Gasteiger partial charge in [0.1, 0.15) is 16.9 Å². The smallest absolute Gasteiger partial charge is 0.251 e. The lowest BCUT2D eigenvalue weighted by Gasteiger charge is -2.21. The average molecular weight is 330 g/mol. The zero-order valence-electron chi connectivity index (χ0n) is 12.5. The summed E-state index contributed by atoms with van der Waals surface area (Å²) in [5.74, 6) is 0.133. The van der Waals surface area contributed by atoms with Crippen LogP contribution >= 0.6 is 11.6 Å². The molecule has 0 bridgehead atoms. The van der Waals surface area contributed by atoms with Gasteiger partial charge in [-0.2, -0.15) is 0 Å². The number of benzene rings is 2. The van der Waals surface area contributed by atoms with E-state index in [4.69, 9.17) is 16.0 Å². The molecule has 5 heteroatoms. The Kier molecular flexibility index (Phi) is 4.11. The molecular weight excluding hydrogens is 314 g/mol. The van der Waals surface area contributed by atoms with Crippen molar-refractivity contribution in [1.29, 1.82) is 0 Å². The second-order valence-corrected chi connectivity index (χ2v) is 6.05. The zero-order chi connectivity index (χ0) is 16.4. The molecule has 0 spiro atoms. The lowest BCUT2D eigenvalue weighted by molar-refractivity contribution is 0.0344. The molecule has 4 nitrogen and oxygen atoms in total. The molecular formula is C18H16ClNO3. The topological polar surface area (TPSA) is 62.5 Å². The minimum atomic E-state index is -1.30. The van der Waals surface area contributed by atoms with E-state index in [1.165, 1.54) is 0 Å². The summed E-state index contributed by atoms with van der Waals surface area (Å²) < 4.78 is 5.67. The van der Waals surface area contributed by atoms with Crippen LogP contribution < -0.4 is 5.32 Å². The molecule has 1 aromatic heterocycles. The van der Waals surface area contributed by atoms with E-state index < -0.39 is 5.60 Å². The molecule has 1 atom stereocenters. The molecule has 1 heterocycles. The number of carbonyl (C=O) groups excluding carboxylic acids is 1. The number of amides is 1. The van der Waals surface area contributed by atoms with Crippen LogP contribution in [0.2, 0.25) is 5.02 Å². The number of nitrogens with one attached hydrogen (secondary N) is 1. The fourth-order valence-electron chi connectivity index (χ4n) is 2.29. The van der Waals surface area contributed by atoms with Crippen molar-refractivity contribution in [2.24, 2.45) is 0 Å². The Morgan fingerprint density at radius 1 is 1.22 bits per heavy atom. The first-order valence-corrected chi connectivity index (χ1v) is 7.59. The van der Waals surface area contributed by atoms with Gasteiger partial charge in [0.05, 0.1) is 6.54 Å². The third kappa shape index (κ3) is 3.38. The Morgan fingerprint density at radius 2 is 1.91 bits per heavy atom. The molecule has 1 unspecified atom stereocenters. The van der Waals surface area contributed by atoms with E-state index in [1.807, 2.05) is 24.3 Å². The second-order valence-electron chi connectivity index (χ2n) is 5.61. The molecule has 0 fully saturated rings. The van der Waals surface area contributed by atoms with Crippen molar-refractivity contribution < 1.29 is 14.3 Å². The van der Waals surface area contributed by atoms with Gasteiger partial charge >= 0.3 is 0 Å². The molecule has 0 radical (unpaired) electrons. The van der Waals surface area contributed by atoms with Crippen molar-refractivity contribution in [2.45, 2.75) is 12.5 Å². The molecule has 2 aromatic carbocycles. The summed E-state index contributed by atoms with van der Waals surface area (Å²) in [7, 11) is 0. The third-order valence-electron chi connectivity index (χ3n) is 3.66. The summed E-state index contributed by atoms with van der Waals surface area (Å²) in [4.78, 5) is 12.1. The summed E-state index contributed by atoms with van der Waals surface area (Å²) in [6, 6.07) is 15.9. The lowest BCUT2D eigenvalue weighted by Crippen LogP contribution is -2.38. The number of rotatable bonds is 4. The van der Waals surface area contributed by atoms with E-state index >= 15 is 0 Å². The maximum absolute atomic E-state index is 12.1. The van der Waals surface area contributed by atoms with Crippen LogP contribution in [0.15, 0.2) is 59.0 Å². The van der Waals surface area contributed by atoms with Gasteiger partial charge in [-0.1, -0.05) is 29.8 Å². The summed E-state index contributed by atoms with van der Waals surface area (Å²) >= 11 is 5.80. The number of aliphatic hydroxyl groups is 1. The Morgan fingerprint density at radius 3 is 2.61 bits per heavy atom. The van der Waals surface area contributed by atoms with E-state index in [-0.39, 0.29) is 12.5 Å². The molecule has 3 aromatic rings. The van der Waals surface area contributed by atoms with Crippen LogP contribution in [-0.4, -0.2) is 17.6 Å². The van der Waals surface area contributed by atoms with Crippen LogP contribution in [0, 0.1) is 0 Å². The highest BCUT2D eigenvalue weighted by atomic mass is 35.5. The average Bonchev–Trinajstić information content (AvgIpc) is 2.98. The van der Waals surface area contributed by atoms with Crippen molar-refractivity contribution in [3.05, 3.63) is 70.9 Å². The van der Waals surface area contributed by atoms with Crippen LogP contribution in [0.25, 0.3) is 11.0 Å². The van der Waals surface area contributed by atoms with E-state index in [9.17, 15) is 9.90 Å². The van der Waals surface area contributed by atoms with Gasteiger partial charge in [-0.3, -0.25) is 4.79 Å². The Bertz CT molecular complexity index is 804. The van der Waals surface area contributed by atoms with Crippen molar-refractivity contribution in [3.63, 3.8) is 0 Å².